The van der Waals surface area contributed by atoms with Crippen molar-refractivity contribution in [2.24, 2.45) is 5.92 Å². The third kappa shape index (κ3) is 1.79. The van der Waals surface area contributed by atoms with Gasteiger partial charge in [0.1, 0.15) is 11.0 Å². The lowest BCUT2D eigenvalue weighted by atomic mass is 10.1. The first-order chi connectivity index (χ1) is 8.28. The summed E-state index contributed by atoms with van der Waals surface area (Å²) in [5.41, 5.74) is 2.50. The van der Waals surface area contributed by atoms with E-state index in [2.05, 4.69) is 8.75 Å². The highest BCUT2D eigenvalue weighted by Crippen LogP contribution is 2.27. The number of hydrogen-bond donors (Lipinski definition) is 1. The van der Waals surface area contributed by atoms with Crippen LogP contribution in [0.3, 0.4) is 0 Å². The van der Waals surface area contributed by atoms with Gasteiger partial charge in [0.2, 0.25) is 5.91 Å². The second kappa shape index (κ2) is 4.05. The van der Waals surface area contributed by atoms with Gasteiger partial charge >= 0.3 is 0 Å². The van der Waals surface area contributed by atoms with Gasteiger partial charge in [-0.15, -0.1) is 0 Å². The van der Waals surface area contributed by atoms with Gasteiger partial charge in [-0.1, -0.05) is 0 Å². The van der Waals surface area contributed by atoms with Gasteiger partial charge in [-0.05, 0) is 18.2 Å². The molecule has 17 heavy (non-hydrogen) atoms. The number of aromatic nitrogens is 2. The first-order valence-corrected chi connectivity index (χ1v) is 6.14. The fraction of sp³-hybridized carbons (Fsp3) is 0.364. The SMILES string of the molecule is O=C1CC(CO)CN1c1ccc2nsnc2c1. The van der Waals surface area contributed by atoms with E-state index in [4.69, 9.17) is 5.11 Å². The number of aliphatic hydroxyl groups excluding tert-OH is 1. The van der Waals surface area contributed by atoms with E-state index in [0.29, 0.717) is 13.0 Å². The van der Waals surface area contributed by atoms with E-state index >= 15 is 0 Å². The van der Waals surface area contributed by atoms with Gasteiger partial charge in [-0.25, -0.2) is 0 Å². The molecule has 0 spiro atoms. The molecular formula is C11H11N3O2S. The minimum Gasteiger partial charge on any atom is -0.396 e. The summed E-state index contributed by atoms with van der Waals surface area (Å²) in [6, 6.07) is 5.62. The van der Waals surface area contributed by atoms with Crippen molar-refractivity contribution in [3.8, 4) is 0 Å². The van der Waals surface area contributed by atoms with Crippen LogP contribution in [0.2, 0.25) is 0 Å². The smallest absolute Gasteiger partial charge is 0.227 e. The Morgan fingerprint density at radius 1 is 1.41 bits per heavy atom. The topological polar surface area (TPSA) is 66.3 Å². The van der Waals surface area contributed by atoms with Crippen molar-refractivity contribution in [1.29, 1.82) is 0 Å². The first kappa shape index (κ1) is 10.6. The normalized spacial score (nSPS) is 20.4. The Balaban J connectivity index is 1.95. The lowest BCUT2D eigenvalue weighted by Crippen LogP contribution is -2.24. The van der Waals surface area contributed by atoms with Crippen LogP contribution in [0.4, 0.5) is 5.69 Å². The van der Waals surface area contributed by atoms with Crippen LogP contribution in [0, 0.1) is 5.92 Å². The Bertz CT molecular complexity index is 569. The number of hydrogen-bond acceptors (Lipinski definition) is 5. The quantitative estimate of drug-likeness (QED) is 0.863. The number of nitrogens with zero attached hydrogens (tertiary/aromatic N) is 3. The standard InChI is InChI=1S/C11H11N3O2S/c15-6-7-3-11(16)14(5-7)8-1-2-9-10(4-8)13-17-12-9/h1-2,4,7,15H,3,5-6H2. The second-order valence-electron chi connectivity index (χ2n) is 4.19. The number of carbonyl (C=O) groups excluding carboxylic acids is 1. The summed E-state index contributed by atoms with van der Waals surface area (Å²) in [4.78, 5) is 13.5. The molecule has 1 aromatic carbocycles. The number of aliphatic hydroxyl groups is 1. The number of anilines is 1. The molecule has 0 bridgehead atoms. The van der Waals surface area contributed by atoms with Crippen LogP contribution in [0.5, 0.6) is 0 Å². The molecule has 1 aliphatic heterocycles. The zero-order valence-electron chi connectivity index (χ0n) is 9.04. The van der Waals surface area contributed by atoms with E-state index in [1.807, 2.05) is 18.2 Å². The average molecular weight is 249 g/mol. The number of benzene rings is 1. The molecule has 1 unspecified atom stereocenters. The second-order valence-corrected chi connectivity index (χ2v) is 4.72. The van der Waals surface area contributed by atoms with E-state index in [1.54, 1.807) is 4.90 Å². The van der Waals surface area contributed by atoms with Crippen LogP contribution in [-0.2, 0) is 4.79 Å². The maximum atomic E-state index is 11.8. The van der Waals surface area contributed by atoms with E-state index in [9.17, 15) is 4.79 Å². The molecule has 1 aliphatic rings. The van der Waals surface area contributed by atoms with Gasteiger partial charge in [0, 0.05) is 31.2 Å². The molecule has 88 valence electrons. The van der Waals surface area contributed by atoms with Crippen molar-refractivity contribution >= 4 is 34.4 Å². The summed E-state index contributed by atoms with van der Waals surface area (Å²) in [5, 5.41) is 9.09. The summed E-state index contributed by atoms with van der Waals surface area (Å²) in [5.74, 6) is 0.110. The van der Waals surface area contributed by atoms with Crippen LogP contribution < -0.4 is 4.90 Å². The zero-order valence-corrected chi connectivity index (χ0v) is 9.85. The van der Waals surface area contributed by atoms with Crippen molar-refractivity contribution < 1.29 is 9.90 Å². The Kier molecular flexibility index (Phi) is 2.53. The fourth-order valence-corrected chi connectivity index (χ4v) is 2.61. The molecule has 5 nitrogen and oxygen atoms in total. The van der Waals surface area contributed by atoms with Gasteiger partial charge in [-0.3, -0.25) is 4.79 Å². The molecule has 1 aromatic heterocycles. The summed E-state index contributed by atoms with van der Waals surface area (Å²) in [6.07, 6.45) is 0.420. The summed E-state index contributed by atoms with van der Waals surface area (Å²) >= 11 is 1.17. The number of amides is 1. The number of rotatable bonds is 2. The van der Waals surface area contributed by atoms with Crippen LogP contribution in [0.25, 0.3) is 11.0 Å². The molecule has 3 rings (SSSR count). The molecule has 1 fully saturated rings. The summed E-state index contributed by atoms with van der Waals surface area (Å²) in [7, 11) is 0. The Morgan fingerprint density at radius 2 is 2.24 bits per heavy atom. The maximum Gasteiger partial charge on any atom is 0.227 e. The molecule has 0 saturated carbocycles. The van der Waals surface area contributed by atoms with Crippen molar-refractivity contribution in [1.82, 2.24) is 8.75 Å². The third-order valence-corrected chi connectivity index (χ3v) is 3.57. The van der Waals surface area contributed by atoms with E-state index in [0.717, 1.165) is 16.7 Å². The molecule has 1 amide bonds. The van der Waals surface area contributed by atoms with Crippen LogP contribution >= 0.6 is 11.7 Å². The highest BCUT2D eigenvalue weighted by Gasteiger charge is 2.30. The van der Waals surface area contributed by atoms with Crippen molar-refractivity contribution in [3.63, 3.8) is 0 Å². The summed E-state index contributed by atoms with van der Waals surface area (Å²) < 4.78 is 8.28. The molecule has 1 N–H and O–H groups in total. The van der Waals surface area contributed by atoms with Crippen molar-refractivity contribution in [2.75, 3.05) is 18.1 Å². The van der Waals surface area contributed by atoms with E-state index < -0.39 is 0 Å². The number of fused-ring (bicyclic) bond motifs is 1. The molecule has 2 aromatic rings. The minimum absolute atomic E-state index is 0.0479. The molecule has 0 aliphatic carbocycles. The molecule has 1 atom stereocenters. The van der Waals surface area contributed by atoms with Crippen LogP contribution in [0.1, 0.15) is 6.42 Å². The third-order valence-electron chi connectivity index (χ3n) is 3.01. The molecule has 0 radical (unpaired) electrons. The highest BCUT2D eigenvalue weighted by atomic mass is 32.1. The van der Waals surface area contributed by atoms with Gasteiger partial charge in [0.15, 0.2) is 0 Å². The van der Waals surface area contributed by atoms with Gasteiger partial charge in [-0.2, -0.15) is 8.75 Å². The summed E-state index contributed by atoms with van der Waals surface area (Å²) in [6.45, 7) is 0.640. The van der Waals surface area contributed by atoms with E-state index in [1.165, 1.54) is 11.7 Å². The fourth-order valence-electron chi connectivity index (χ4n) is 2.09. The predicted octanol–water partition coefficient (Wildman–Crippen LogP) is 1.04. The predicted molar refractivity (Wildman–Crippen MR) is 65.0 cm³/mol. The molecular weight excluding hydrogens is 238 g/mol. The van der Waals surface area contributed by atoms with Crippen LogP contribution in [0.15, 0.2) is 18.2 Å². The van der Waals surface area contributed by atoms with Crippen LogP contribution in [-0.4, -0.2) is 32.9 Å². The lowest BCUT2D eigenvalue weighted by Gasteiger charge is -2.16. The Hall–Kier alpha value is -1.53. The van der Waals surface area contributed by atoms with E-state index in [-0.39, 0.29) is 18.4 Å². The Morgan fingerprint density at radius 3 is 3.00 bits per heavy atom. The first-order valence-electron chi connectivity index (χ1n) is 5.41. The van der Waals surface area contributed by atoms with Crippen molar-refractivity contribution in [3.05, 3.63) is 18.2 Å². The molecule has 1 saturated heterocycles. The monoisotopic (exact) mass is 249 g/mol. The van der Waals surface area contributed by atoms with Gasteiger partial charge in [0.25, 0.3) is 0 Å². The lowest BCUT2D eigenvalue weighted by molar-refractivity contribution is -0.117. The molecule has 6 heteroatoms. The van der Waals surface area contributed by atoms with Gasteiger partial charge < -0.3 is 10.0 Å². The van der Waals surface area contributed by atoms with Crippen molar-refractivity contribution in [2.45, 2.75) is 6.42 Å². The number of carbonyl (C=O) groups is 1. The minimum atomic E-state index is 0.0479. The highest BCUT2D eigenvalue weighted by molar-refractivity contribution is 7.00. The Labute approximate surface area is 102 Å². The van der Waals surface area contributed by atoms with Gasteiger partial charge in [0.05, 0.1) is 11.7 Å². The average Bonchev–Trinajstić information content (AvgIpc) is 2.93. The zero-order chi connectivity index (χ0) is 11.8. The molecule has 2 heterocycles. The largest absolute Gasteiger partial charge is 0.396 e. The maximum absolute atomic E-state index is 11.8.